The molecule has 3 aromatic heterocycles. The van der Waals surface area contributed by atoms with Crippen LogP contribution in [0.1, 0.15) is 17.4 Å². The summed E-state index contributed by atoms with van der Waals surface area (Å²) in [4.78, 5) is 9.02. The van der Waals surface area contributed by atoms with Gasteiger partial charge in [-0.3, -0.25) is 4.57 Å². The normalized spacial score (nSPS) is 11.1. The summed E-state index contributed by atoms with van der Waals surface area (Å²) in [6.45, 7) is 2.92. The number of nitrogens with zero attached hydrogens (tertiary/aromatic N) is 2. The van der Waals surface area contributed by atoms with E-state index in [1.54, 1.807) is 18.4 Å². The molecule has 0 saturated heterocycles. The number of aryl methyl sites for hydroxylation is 1. The van der Waals surface area contributed by atoms with Crippen molar-refractivity contribution >= 4 is 34.7 Å². The van der Waals surface area contributed by atoms with Crippen LogP contribution in [0.5, 0.6) is 5.88 Å². The number of H-pyrrole nitrogens is 1. The molecule has 3 heterocycles. The average molecular weight is 305 g/mol. The molecule has 0 aliphatic rings. The molecule has 1 N–H and O–H groups in total. The molecule has 0 spiro atoms. The predicted molar refractivity (Wildman–Crippen MR) is 84.3 cm³/mol. The van der Waals surface area contributed by atoms with Gasteiger partial charge in [0.25, 0.3) is 0 Å². The number of hydrogen-bond acceptors (Lipinski definition) is 4. The van der Waals surface area contributed by atoms with Gasteiger partial charge in [-0.25, -0.2) is 0 Å². The molecule has 20 heavy (non-hydrogen) atoms. The Morgan fingerprint density at radius 1 is 1.40 bits per heavy atom. The highest BCUT2D eigenvalue weighted by atomic mass is 32.1. The first-order valence-corrected chi connectivity index (χ1v) is 7.70. The quantitative estimate of drug-likeness (QED) is 0.746. The standard InChI is InChI=1S/C14H15N3OS2/c1-3-9-6-7-20-11(9)8-17-13-10(15-14(17)19)4-5-12(16-13)18-2/h4-7H,3,8H2,1-2H3,(H,15,19). The molecule has 0 aliphatic carbocycles. The van der Waals surface area contributed by atoms with Crippen LogP contribution in [0.4, 0.5) is 0 Å². The van der Waals surface area contributed by atoms with E-state index in [9.17, 15) is 0 Å². The molecule has 6 heteroatoms. The van der Waals surface area contributed by atoms with Gasteiger partial charge in [0.1, 0.15) is 0 Å². The maximum atomic E-state index is 5.42. The van der Waals surface area contributed by atoms with Crippen LogP contribution in [-0.4, -0.2) is 21.6 Å². The molecular formula is C14H15N3OS2. The summed E-state index contributed by atoms with van der Waals surface area (Å²) in [6, 6.07) is 5.95. The lowest BCUT2D eigenvalue weighted by atomic mass is 10.2. The number of nitrogens with one attached hydrogen (secondary N) is 1. The van der Waals surface area contributed by atoms with Crippen molar-refractivity contribution in [3.8, 4) is 5.88 Å². The Labute approximate surface area is 126 Å². The third-order valence-corrected chi connectivity index (χ3v) is 4.59. The van der Waals surface area contributed by atoms with Crippen molar-refractivity contribution in [2.24, 2.45) is 0 Å². The van der Waals surface area contributed by atoms with Gasteiger partial charge in [-0.05, 0) is 41.7 Å². The molecule has 3 aromatic rings. The molecule has 4 nitrogen and oxygen atoms in total. The first-order valence-electron chi connectivity index (χ1n) is 6.41. The summed E-state index contributed by atoms with van der Waals surface area (Å²) < 4.78 is 7.91. The fourth-order valence-electron chi connectivity index (χ4n) is 2.24. The first-order chi connectivity index (χ1) is 9.72. The van der Waals surface area contributed by atoms with Crippen molar-refractivity contribution < 1.29 is 4.74 Å². The number of aromatic amines is 1. The molecule has 0 aromatic carbocycles. The van der Waals surface area contributed by atoms with Crippen LogP contribution in [-0.2, 0) is 13.0 Å². The number of aromatic nitrogens is 3. The van der Waals surface area contributed by atoms with Crippen LogP contribution in [0.25, 0.3) is 11.2 Å². The zero-order chi connectivity index (χ0) is 14.1. The molecule has 0 radical (unpaired) electrons. The van der Waals surface area contributed by atoms with Crippen molar-refractivity contribution in [1.29, 1.82) is 0 Å². The topological polar surface area (TPSA) is 42.8 Å². The van der Waals surface area contributed by atoms with E-state index in [4.69, 9.17) is 17.0 Å². The van der Waals surface area contributed by atoms with E-state index in [2.05, 4.69) is 28.3 Å². The molecule has 0 fully saturated rings. The van der Waals surface area contributed by atoms with Crippen LogP contribution in [0, 0.1) is 4.77 Å². The van der Waals surface area contributed by atoms with Crippen LogP contribution in [0.2, 0.25) is 0 Å². The lowest BCUT2D eigenvalue weighted by molar-refractivity contribution is 0.399. The number of pyridine rings is 1. The number of rotatable bonds is 4. The second-order valence-corrected chi connectivity index (χ2v) is 5.85. The Bertz CT molecular complexity index is 800. The van der Waals surface area contributed by atoms with E-state index >= 15 is 0 Å². The summed E-state index contributed by atoms with van der Waals surface area (Å²) >= 11 is 7.18. The van der Waals surface area contributed by atoms with Crippen LogP contribution >= 0.6 is 23.6 Å². The van der Waals surface area contributed by atoms with Crippen LogP contribution in [0.3, 0.4) is 0 Å². The van der Waals surface area contributed by atoms with Gasteiger partial charge in [-0.15, -0.1) is 11.3 Å². The lowest BCUT2D eigenvalue weighted by Gasteiger charge is -2.05. The van der Waals surface area contributed by atoms with E-state index in [0.29, 0.717) is 10.7 Å². The van der Waals surface area contributed by atoms with Gasteiger partial charge in [0.05, 0.1) is 19.2 Å². The first kappa shape index (κ1) is 13.3. The molecule has 3 rings (SSSR count). The van der Waals surface area contributed by atoms with Crippen molar-refractivity contribution in [3.63, 3.8) is 0 Å². The summed E-state index contributed by atoms with van der Waals surface area (Å²) in [5.41, 5.74) is 3.14. The number of imidazole rings is 1. The summed E-state index contributed by atoms with van der Waals surface area (Å²) in [5.74, 6) is 0.599. The minimum absolute atomic E-state index is 0.599. The average Bonchev–Trinajstić information content (AvgIpc) is 3.03. The molecule has 0 bridgehead atoms. The Balaban J connectivity index is 2.10. The minimum Gasteiger partial charge on any atom is -0.481 e. The van der Waals surface area contributed by atoms with E-state index < -0.39 is 0 Å². The van der Waals surface area contributed by atoms with E-state index in [-0.39, 0.29) is 0 Å². The molecule has 0 amide bonds. The number of hydrogen-bond donors (Lipinski definition) is 1. The number of methoxy groups -OCH3 is 1. The van der Waals surface area contributed by atoms with Gasteiger partial charge in [-0.2, -0.15) is 4.98 Å². The highest BCUT2D eigenvalue weighted by molar-refractivity contribution is 7.71. The Kier molecular flexibility index (Phi) is 3.58. The summed E-state index contributed by atoms with van der Waals surface area (Å²) in [5, 5.41) is 2.13. The molecular weight excluding hydrogens is 290 g/mol. The molecule has 104 valence electrons. The number of ether oxygens (including phenoxy) is 1. The highest BCUT2D eigenvalue weighted by Crippen LogP contribution is 2.22. The highest BCUT2D eigenvalue weighted by Gasteiger charge is 2.10. The number of fused-ring (bicyclic) bond motifs is 1. The SMILES string of the molecule is CCc1ccsc1Cn1c(=S)[nH]c2ccc(OC)nc21. The zero-order valence-electron chi connectivity index (χ0n) is 11.3. The second-order valence-electron chi connectivity index (χ2n) is 4.46. The van der Waals surface area contributed by atoms with Gasteiger partial charge in [0, 0.05) is 10.9 Å². The fourth-order valence-corrected chi connectivity index (χ4v) is 3.46. The van der Waals surface area contributed by atoms with Gasteiger partial charge in [-0.1, -0.05) is 6.92 Å². The number of thiophene rings is 1. The maximum Gasteiger partial charge on any atom is 0.215 e. The van der Waals surface area contributed by atoms with Gasteiger partial charge < -0.3 is 9.72 Å². The minimum atomic E-state index is 0.599. The molecule has 0 aliphatic heterocycles. The molecule has 0 unspecified atom stereocenters. The van der Waals surface area contributed by atoms with E-state index in [1.807, 2.05) is 16.7 Å². The molecule has 0 saturated carbocycles. The zero-order valence-corrected chi connectivity index (χ0v) is 13.0. The van der Waals surface area contributed by atoms with E-state index in [1.165, 1.54) is 10.4 Å². The third-order valence-electron chi connectivity index (χ3n) is 3.32. The Hall–Kier alpha value is -1.66. The van der Waals surface area contributed by atoms with Gasteiger partial charge in [0.15, 0.2) is 10.4 Å². The smallest absolute Gasteiger partial charge is 0.215 e. The van der Waals surface area contributed by atoms with Crippen molar-refractivity contribution in [1.82, 2.24) is 14.5 Å². The second kappa shape index (κ2) is 5.38. The summed E-state index contributed by atoms with van der Waals surface area (Å²) in [6.07, 6.45) is 1.03. The van der Waals surface area contributed by atoms with E-state index in [0.717, 1.165) is 24.1 Å². The van der Waals surface area contributed by atoms with Crippen molar-refractivity contribution in [2.75, 3.05) is 7.11 Å². The van der Waals surface area contributed by atoms with Crippen molar-refractivity contribution in [2.45, 2.75) is 19.9 Å². The largest absolute Gasteiger partial charge is 0.481 e. The fraction of sp³-hybridized carbons (Fsp3) is 0.286. The molecule has 0 atom stereocenters. The monoisotopic (exact) mass is 305 g/mol. The lowest BCUT2D eigenvalue weighted by Crippen LogP contribution is -2.01. The predicted octanol–water partition coefficient (Wildman–Crippen LogP) is 3.77. The van der Waals surface area contributed by atoms with Gasteiger partial charge in [0.2, 0.25) is 5.88 Å². The summed E-state index contributed by atoms with van der Waals surface area (Å²) in [7, 11) is 1.62. The van der Waals surface area contributed by atoms with Crippen LogP contribution < -0.4 is 4.74 Å². The maximum absolute atomic E-state index is 5.42. The van der Waals surface area contributed by atoms with Crippen LogP contribution in [0.15, 0.2) is 23.6 Å². The Morgan fingerprint density at radius 2 is 2.25 bits per heavy atom. The van der Waals surface area contributed by atoms with Crippen molar-refractivity contribution in [3.05, 3.63) is 38.8 Å². The van der Waals surface area contributed by atoms with Gasteiger partial charge >= 0.3 is 0 Å². The Morgan fingerprint density at radius 3 is 3.00 bits per heavy atom. The third kappa shape index (κ3) is 2.25.